The minimum absolute atomic E-state index is 0.166. The molecule has 0 saturated heterocycles. The summed E-state index contributed by atoms with van der Waals surface area (Å²) in [7, 11) is 1.39. The Morgan fingerprint density at radius 3 is 2.57 bits per heavy atom. The number of hydrogen-bond acceptors (Lipinski definition) is 3. The fraction of sp³-hybridized carbons (Fsp3) is 0.818. The summed E-state index contributed by atoms with van der Waals surface area (Å²) in [5.74, 6) is 0.134. The summed E-state index contributed by atoms with van der Waals surface area (Å²) in [5.41, 5.74) is -0.552. The van der Waals surface area contributed by atoms with Gasteiger partial charge in [0.15, 0.2) is 0 Å². The van der Waals surface area contributed by atoms with Crippen molar-refractivity contribution >= 4 is 11.8 Å². The molecule has 0 N–H and O–H groups in total. The van der Waals surface area contributed by atoms with E-state index in [9.17, 15) is 9.59 Å². The van der Waals surface area contributed by atoms with Gasteiger partial charge >= 0.3 is 5.97 Å². The van der Waals surface area contributed by atoms with Gasteiger partial charge in [0.25, 0.3) is 0 Å². The van der Waals surface area contributed by atoms with Gasteiger partial charge in [-0.25, -0.2) is 0 Å². The molecule has 1 aliphatic rings. The quantitative estimate of drug-likeness (QED) is 0.637. The van der Waals surface area contributed by atoms with E-state index < -0.39 is 5.41 Å². The van der Waals surface area contributed by atoms with E-state index in [1.807, 2.05) is 13.8 Å². The highest BCUT2D eigenvalue weighted by Gasteiger charge is 2.45. The Hall–Kier alpha value is -0.860. The van der Waals surface area contributed by atoms with Gasteiger partial charge in [-0.3, -0.25) is 9.59 Å². The van der Waals surface area contributed by atoms with E-state index in [1.54, 1.807) is 0 Å². The number of carbonyl (C=O) groups is 2. The third-order valence-corrected chi connectivity index (χ3v) is 3.29. The zero-order valence-corrected chi connectivity index (χ0v) is 9.13. The molecule has 0 aromatic rings. The predicted molar refractivity (Wildman–Crippen MR) is 52.8 cm³/mol. The maximum atomic E-state index is 11.7. The molecular weight excluding hydrogens is 180 g/mol. The Morgan fingerprint density at radius 1 is 1.50 bits per heavy atom. The van der Waals surface area contributed by atoms with E-state index in [0.717, 1.165) is 12.8 Å². The zero-order valence-electron chi connectivity index (χ0n) is 9.13. The number of ketones is 1. The van der Waals surface area contributed by atoms with Crippen molar-refractivity contribution in [3.05, 3.63) is 0 Å². The van der Waals surface area contributed by atoms with Crippen molar-refractivity contribution in [1.29, 1.82) is 0 Å². The number of esters is 1. The smallest absolute Gasteiger partial charge is 0.312 e. The molecule has 3 heteroatoms. The molecule has 0 aliphatic heterocycles. The average molecular weight is 198 g/mol. The van der Waals surface area contributed by atoms with Crippen molar-refractivity contribution in [2.75, 3.05) is 7.11 Å². The highest BCUT2D eigenvalue weighted by atomic mass is 16.5. The fourth-order valence-electron chi connectivity index (χ4n) is 2.24. The van der Waals surface area contributed by atoms with Gasteiger partial charge in [0.05, 0.1) is 12.5 Å². The van der Waals surface area contributed by atoms with Gasteiger partial charge in [-0.15, -0.1) is 0 Å². The van der Waals surface area contributed by atoms with Gasteiger partial charge in [0.1, 0.15) is 5.78 Å². The van der Waals surface area contributed by atoms with Crippen molar-refractivity contribution in [2.24, 2.45) is 11.3 Å². The summed E-state index contributed by atoms with van der Waals surface area (Å²) in [6, 6.07) is 0. The van der Waals surface area contributed by atoms with Crippen LogP contribution in [-0.4, -0.2) is 18.9 Å². The van der Waals surface area contributed by atoms with Gasteiger partial charge < -0.3 is 4.74 Å². The molecule has 0 radical (unpaired) electrons. The van der Waals surface area contributed by atoms with E-state index in [2.05, 4.69) is 0 Å². The van der Waals surface area contributed by atoms with Gasteiger partial charge in [0.2, 0.25) is 0 Å². The molecule has 1 atom stereocenters. The summed E-state index contributed by atoms with van der Waals surface area (Å²) in [4.78, 5) is 23.1. The van der Waals surface area contributed by atoms with Gasteiger partial charge in [-0.2, -0.15) is 0 Å². The molecule has 1 saturated carbocycles. The lowest BCUT2D eigenvalue weighted by Crippen LogP contribution is -2.41. The first kappa shape index (κ1) is 11.2. The molecular formula is C11H18O3. The van der Waals surface area contributed by atoms with Crippen LogP contribution in [0.1, 0.15) is 39.5 Å². The van der Waals surface area contributed by atoms with Crippen molar-refractivity contribution in [3.8, 4) is 0 Å². The number of ether oxygens (including phenoxy) is 1. The van der Waals surface area contributed by atoms with Gasteiger partial charge in [0, 0.05) is 12.8 Å². The highest BCUT2D eigenvalue weighted by Crippen LogP contribution is 2.42. The molecule has 0 bridgehead atoms. The van der Waals surface area contributed by atoms with Crippen LogP contribution >= 0.6 is 0 Å². The number of rotatable bonds is 2. The molecule has 0 aromatic heterocycles. The van der Waals surface area contributed by atoms with Crippen molar-refractivity contribution < 1.29 is 14.3 Å². The topological polar surface area (TPSA) is 43.4 Å². The lowest BCUT2D eigenvalue weighted by Gasteiger charge is -2.37. The summed E-state index contributed by atoms with van der Waals surface area (Å²) >= 11 is 0. The average Bonchev–Trinajstić information content (AvgIpc) is 2.16. The number of carbonyl (C=O) groups excluding carboxylic acids is 2. The lowest BCUT2D eigenvalue weighted by molar-refractivity contribution is -0.160. The molecule has 0 heterocycles. The SMILES string of the molecule is COC(=O)[C@]1(C(C)C)CCCC(=O)C1. The maximum absolute atomic E-state index is 11.7. The number of methoxy groups -OCH3 is 1. The monoisotopic (exact) mass is 198 g/mol. The van der Waals surface area contributed by atoms with Crippen LogP contribution in [0.4, 0.5) is 0 Å². The fourth-order valence-corrected chi connectivity index (χ4v) is 2.24. The first-order valence-electron chi connectivity index (χ1n) is 5.13. The van der Waals surface area contributed by atoms with E-state index in [4.69, 9.17) is 4.74 Å². The number of hydrogen-bond donors (Lipinski definition) is 0. The first-order valence-corrected chi connectivity index (χ1v) is 5.13. The van der Waals surface area contributed by atoms with E-state index in [1.165, 1.54) is 7.11 Å². The van der Waals surface area contributed by atoms with E-state index in [-0.39, 0.29) is 17.7 Å². The summed E-state index contributed by atoms with van der Waals surface area (Å²) in [6.45, 7) is 3.96. The molecule has 0 aromatic carbocycles. The standard InChI is InChI=1S/C11H18O3/c1-8(2)11(10(13)14-3)6-4-5-9(12)7-11/h8H,4-7H2,1-3H3/t11-/m1/s1. The van der Waals surface area contributed by atoms with Crippen LogP contribution < -0.4 is 0 Å². The molecule has 1 aliphatic carbocycles. The summed E-state index contributed by atoms with van der Waals surface area (Å²) < 4.78 is 4.81. The molecule has 80 valence electrons. The van der Waals surface area contributed by atoms with E-state index in [0.29, 0.717) is 12.8 Å². The molecule has 0 amide bonds. The summed E-state index contributed by atoms with van der Waals surface area (Å²) in [5, 5.41) is 0. The lowest BCUT2D eigenvalue weighted by atomic mass is 9.66. The van der Waals surface area contributed by atoms with Crippen molar-refractivity contribution in [2.45, 2.75) is 39.5 Å². The van der Waals surface area contributed by atoms with Crippen LogP contribution in [-0.2, 0) is 14.3 Å². The third kappa shape index (κ3) is 1.81. The zero-order chi connectivity index (χ0) is 10.8. The predicted octanol–water partition coefficient (Wildman–Crippen LogP) is 1.94. The maximum Gasteiger partial charge on any atom is 0.312 e. The molecule has 1 rings (SSSR count). The Morgan fingerprint density at radius 2 is 2.14 bits per heavy atom. The largest absolute Gasteiger partial charge is 0.469 e. The molecule has 3 nitrogen and oxygen atoms in total. The van der Waals surface area contributed by atoms with Crippen LogP contribution in [0.15, 0.2) is 0 Å². The van der Waals surface area contributed by atoms with Crippen molar-refractivity contribution in [3.63, 3.8) is 0 Å². The molecule has 1 fully saturated rings. The van der Waals surface area contributed by atoms with Crippen LogP contribution in [0, 0.1) is 11.3 Å². The summed E-state index contributed by atoms with van der Waals surface area (Å²) in [6.07, 6.45) is 2.57. The normalized spacial score (nSPS) is 27.9. The Balaban J connectivity index is 2.91. The second-order valence-corrected chi connectivity index (χ2v) is 4.37. The van der Waals surface area contributed by atoms with Crippen LogP contribution in [0.25, 0.3) is 0 Å². The van der Waals surface area contributed by atoms with E-state index >= 15 is 0 Å². The minimum atomic E-state index is -0.552. The third-order valence-electron chi connectivity index (χ3n) is 3.29. The number of Topliss-reactive ketones (excluding diaryl/α,β-unsaturated/α-hetero) is 1. The molecule has 0 spiro atoms. The van der Waals surface area contributed by atoms with Crippen LogP contribution in [0.2, 0.25) is 0 Å². The van der Waals surface area contributed by atoms with Crippen LogP contribution in [0.5, 0.6) is 0 Å². The second kappa shape index (κ2) is 4.11. The Labute approximate surface area is 84.8 Å². The molecule has 0 unspecified atom stereocenters. The van der Waals surface area contributed by atoms with Crippen LogP contribution in [0.3, 0.4) is 0 Å². The Bertz CT molecular complexity index is 245. The van der Waals surface area contributed by atoms with Crippen molar-refractivity contribution in [1.82, 2.24) is 0 Å². The minimum Gasteiger partial charge on any atom is -0.469 e. The Kier molecular flexibility index (Phi) is 3.29. The first-order chi connectivity index (χ1) is 6.53. The highest BCUT2D eigenvalue weighted by molar-refractivity contribution is 5.88. The van der Waals surface area contributed by atoms with Gasteiger partial charge in [-0.05, 0) is 18.8 Å². The molecule has 14 heavy (non-hydrogen) atoms. The van der Waals surface area contributed by atoms with Gasteiger partial charge in [-0.1, -0.05) is 13.8 Å². The second-order valence-electron chi connectivity index (χ2n) is 4.37.